The number of carbonyl (C=O) groups excluding carboxylic acids is 1. The topological polar surface area (TPSA) is 55.2 Å². The van der Waals surface area contributed by atoms with Crippen molar-refractivity contribution >= 4 is 16.8 Å². The van der Waals surface area contributed by atoms with Crippen LogP contribution in [0.15, 0.2) is 65.5 Å². The molecular formula is C30H27F6N3O2. The van der Waals surface area contributed by atoms with E-state index >= 15 is 0 Å². The molecule has 0 N–H and O–H groups in total. The molecule has 0 aliphatic carbocycles. The van der Waals surface area contributed by atoms with E-state index in [2.05, 4.69) is 0 Å². The van der Waals surface area contributed by atoms with E-state index in [-0.39, 0.29) is 24.9 Å². The van der Waals surface area contributed by atoms with E-state index in [1.54, 1.807) is 50.2 Å². The summed E-state index contributed by atoms with van der Waals surface area (Å²) in [7, 11) is 0. The molecule has 1 atom stereocenters. The average Bonchev–Trinajstić information content (AvgIpc) is 2.91. The van der Waals surface area contributed by atoms with Gasteiger partial charge in [-0.2, -0.15) is 26.3 Å². The summed E-state index contributed by atoms with van der Waals surface area (Å²) in [6, 6.07) is 11.8. The highest BCUT2D eigenvalue weighted by Gasteiger charge is 2.38. The lowest BCUT2D eigenvalue weighted by atomic mass is 10.0. The highest BCUT2D eigenvalue weighted by molar-refractivity contribution is 5.95. The summed E-state index contributed by atoms with van der Waals surface area (Å²) in [5.74, 6) is -0.914. The number of fused-ring (bicyclic) bond motifs is 1. The van der Waals surface area contributed by atoms with E-state index in [0.717, 1.165) is 16.0 Å². The van der Waals surface area contributed by atoms with Crippen LogP contribution in [-0.2, 0) is 12.4 Å². The molecule has 1 unspecified atom stereocenters. The van der Waals surface area contributed by atoms with Gasteiger partial charge in [0.2, 0.25) is 0 Å². The number of para-hydroxylation sites is 1. The minimum atomic E-state index is -5.11. The standard InChI is InChI=1S/C30H27F6N3O2/c1-5-25(38(6-2)27(40)19-14-20(29(31,32)33)16-21(15-19)30(34,35)36)26-37-24-10-8-7-9-23(24)28(41)39(26)22-12-11-17(3)18(4)13-22/h7-16,25H,5-6H2,1-4H3. The lowest BCUT2D eigenvalue weighted by molar-refractivity contribution is -0.143. The maximum atomic E-state index is 13.8. The maximum absolute atomic E-state index is 13.8. The van der Waals surface area contributed by atoms with Crippen LogP contribution in [0.2, 0.25) is 0 Å². The zero-order chi connectivity index (χ0) is 30.3. The Kier molecular flexibility index (Phi) is 8.02. The van der Waals surface area contributed by atoms with Crippen molar-refractivity contribution in [2.24, 2.45) is 0 Å². The van der Waals surface area contributed by atoms with Crippen LogP contribution in [-0.4, -0.2) is 26.9 Å². The molecule has 11 heteroatoms. The van der Waals surface area contributed by atoms with E-state index in [1.807, 2.05) is 19.9 Å². The number of carbonyl (C=O) groups is 1. The van der Waals surface area contributed by atoms with Gasteiger partial charge in [-0.15, -0.1) is 0 Å². The van der Waals surface area contributed by atoms with E-state index in [9.17, 15) is 35.9 Å². The van der Waals surface area contributed by atoms with Gasteiger partial charge in [-0.1, -0.05) is 25.1 Å². The fourth-order valence-electron chi connectivity index (χ4n) is 4.78. The molecule has 0 saturated carbocycles. The first-order valence-corrected chi connectivity index (χ1v) is 12.9. The number of hydrogen-bond donors (Lipinski definition) is 0. The number of aromatic nitrogens is 2. The first kappa shape index (κ1) is 29.8. The molecule has 4 aromatic rings. The largest absolute Gasteiger partial charge is 0.416 e. The third kappa shape index (κ3) is 5.84. The molecular weight excluding hydrogens is 548 g/mol. The lowest BCUT2D eigenvalue weighted by Crippen LogP contribution is -2.38. The van der Waals surface area contributed by atoms with Crippen LogP contribution in [0.3, 0.4) is 0 Å². The van der Waals surface area contributed by atoms with Crippen LogP contribution in [0, 0.1) is 13.8 Å². The minimum absolute atomic E-state index is 0.0212. The van der Waals surface area contributed by atoms with Crippen LogP contribution in [0.4, 0.5) is 26.3 Å². The summed E-state index contributed by atoms with van der Waals surface area (Å²) in [6.45, 7) is 6.93. The fourth-order valence-corrected chi connectivity index (χ4v) is 4.78. The Hall–Kier alpha value is -4.15. The summed E-state index contributed by atoms with van der Waals surface area (Å²) in [5, 5.41) is 0.311. The highest BCUT2D eigenvalue weighted by Crippen LogP contribution is 2.37. The van der Waals surface area contributed by atoms with E-state index in [1.165, 1.54) is 4.57 Å². The van der Waals surface area contributed by atoms with E-state index < -0.39 is 46.6 Å². The Bertz CT molecular complexity index is 1640. The Balaban J connectivity index is 1.95. The van der Waals surface area contributed by atoms with Crippen molar-refractivity contribution in [3.63, 3.8) is 0 Å². The van der Waals surface area contributed by atoms with Crippen LogP contribution < -0.4 is 5.56 Å². The molecule has 5 nitrogen and oxygen atoms in total. The van der Waals surface area contributed by atoms with Gasteiger partial charge < -0.3 is 4.90 Å². The summed E-state index contributed by atoms with van der Waals surface area (Å²) < 4.78 is 82.5. The summed E-state index contributed by atoms with van der Waals surface area (Å²) in [6.07, 6.45) is -10.1. The SMILES string of the molecule is CCC(c1nc2ccccc2c(=O)n1-c1ccc(C)c(C)c1)N(CC)C(=O)c1cc(C(F)(F)F)cc(C(F)(F)F)c1. The predicted octanol–water partition coefficient (Wildman–Crippen LogP) is 7.65. The zero-order valence-corrected chi connectivity index (χ0v) is 22.7. The molecule has 0 aliphatic heterocycles. The predicted molar refractivity (Wildman–Crippen MR) is 143 cm³/mol. The molecule has 0 saturated heterocycles. The average molecular weight is 576 g/mol. The van der Waals surface area contributed by atoms with Crippen molar-refractivity contribution < 1.29 is 31.1 Å². The van der Waals surface area contributed by atoms with Gasteiger partial charge in [-0.05, 0) is 80.8 Å². The molecule has 41 heavy (non-hydrogen) atoms. The van der Waals surface area contributed by atoms with Gasteiger partial charge >= 0.3 is 12.4 Å². The second kappa shape index (κ2) is 11.0. The molecule has 4 rings (SSSR count). The van der Waals surface area contributed by atoms with Crippen molar-refractivity contribution in [1.82, 2.24) is 14.5 Å². The second-order valence-corrected chi connectivity index (χ2v) is 9.71. The smallest absolute Gasteiger partial charge is 0.329 e. The van der Waals surface area contributed by atoms with Crippen molar-refractivity contribution in [3.8, 4) is 5.69 Å². The second-order valence-electron chi connectivity index (χ2n) is 9.71. The Morgan fingerprint density at radius 2 is 1.49 bits per heavy atom. The fraction of sp³-hybridized carbons (Fsp3) is 0.300. The van der Waals surface area contributed by atoms with Gasteiger partial charge in [-0.3, -0.25) is 14.2 Å². The van der Waals surface area contributed by atoms with Gasteiger partial charge in [0.05, 0.1) is 33.8 Å². The van der Waals surface area contributed by atoms with Crippen molar-refractivity contribution in [2.45, 2.75) is 52.5 Å². The molecule has 216 valence electrons. The Morgan fingerprint density at radius 3 is 2.02 bits per heavy atom. The number of rotatable bonds is 6. The Labute approximate surface area is 232 Å². The van der Waals surface area contributed by atoms with Gasteiger partial charge in [0.1, 0.15) is 5.82 Å². The molecule has 3 aromatic carbocycles. The van der Waals surface area contributed by atoms with Gasteiger partial charge in [0, 0.05) is 12.1 Å². The van der Waals surface area contributed by atoms with Gasteiger partial charge in [0.25, 0.3) is 11.5 Å². The minimum Gasteiger partial charge on any atom is -0.329 e. The summed E-state index contributed by atoms with van der Waals surface area (Å²) in [5.41, 5.74) is -1.71. The van der Waals surface area contributed by atoms with Gasteiger partial charge in [0.15, 0.2) is 0 Å². The molecule has 0 radical (unpaired) electrons. The number of hydrogen-bond acceptors (Lipinski definition) is 3. The number of aryl methyl sites for hydroxylation is 2. The van der Waals surface area contributed by atoms with E-state index in [0.29, 0.717) is 28.7 Å². The number of nitrogens with zero attached hydrogens (tertiary/aromatic N) is 3. The van der Waals surface area contributed by atoms with Crippen LogP contribution >= 0.6 is 0 Å². The van der Waals surface area contributed by atoms with Crippen LogP contribution in [0.5, 0.6) is 0 Å². The summed E-state index contributed by atoms with van der Waals surface area (Å²) in [4.78, 5) is 33.3. The van der Waals surface area contributed by atoms with Crippen molar-refractivity contribution in [1.29, 1.82) is 0 Å². The quantitative estimate of drug-likeness (QED) is 0.222. The highest BCUT2D eigenvalue weighted by atomic mass is 19.4. The molecule has 0 fully saturated rings. The lowest BCUT2D eigenvalue weighted by Gasteiger charge is -2.32. The molecule has 0 aliphatic rings. The molecule has 0 spiro atoms. The monoisotopic (exact) mass is 575 g/mol. The molecule has 1 amide bonds. The first-order chi connectivity index (χ1) is 19.2. The Morgan fingerprint density at radius 1 is 0.878 bits per heavy atom. The summed E-state index contributed by atoms with van der Waals surface area (Å²) >= 11 is 0. The third-order valence-corrected chi connectivity index (χ3v) is 7.05. The molecule has 1 aromatic heterocycles. The number of benzene rings is 3. The van der Waals surface area contributed by atoms with Gasteiger partial charge in [-0.25, -0.2) is 4.98 Å². The molecule has 1 heterocycles. The number of halogens is 6. The first-order valence-electron chi connectivity index (χ1n) is 12.9. The number of amides is 1. The normalized spacial score (nSPS) is 12.9. The van der Waals surface area contributed by atoms with Crippen LogP contribution in [0.25, 0.3) is 16.6 Å². The molecule has 0 bridgehead atoms. The van der Waals surface area contributed by atoms with Crippen molar-refractivity contribution in [2.75, 3.05) is 6.54 Å². The maximum Gasteiger partial charge on any atom is 0.416 e. The van der Waals surface area contributed by atoms with Crippen molar-refractivity contribution in [3.05, 3.63) is 105 Å². The third-order valence-electron chi connectivity index (χ3n) is 7.05. The zero-order valence-electron chi connectivity index (χ0n) is 22.7. The van der Waals surface area contributed by atoms with Crippen LogP contribution in [0.1, 0.15) is 64.7 Å². The van der Waals surface area contributed by atoms with E-state index in [4.69, 9.17) is 4.98 Å². The number of alkyl halides is 6.